The van der Waals surface area contributed by atoms with E-state index in [4.69, 9.17) is 31.1 Å². The minimum Gasteiger partial charge on any atom is -0.491 e. The van der Waals surface area contributed by atoms with Crippen molar-refractivity contribution in [1.82, 2.24) is 9.55 Å². The molecule has 1 aliphatic rings. The molecule has 3 aromatic rings. The molecule has 1 aromatic heterocycles. The fourth-order valence-corrected chi connectivity index (χ4v) is 3.58. The van der Waals surface area contributed by atoms with Gasteiger partial charge in [-0.15, -0.1) is 0 Å². The van der Waals surface area contributed by atoms with Crippen molar-refractivity contribution in [3.05, 3.63) is 83.4 Å². The summed E-state index contributed by atoms with van der Waals surface area (Å²) in [5, 5.41) is 9.62. The maximum Gasteiger partial charge on any atom is 0.187 e. The quantitative estimate of drug-likeness (QED) is 0.542. The number of aryl methyl sites for hydroxylation is 1. The van der Waals surface area contributed by atoms with Gasteiger partial charge >= 0.3 is 0 Å². The number of rotatable bonds is 8. The van der Waals surface area contributed by atoms with Gasteiger partial charge in [0, 0.05) is 23.8 Å². The molecule has 1 aliphatic heterocycles. The molecule has 0 radical (unpaired) electrons. The second-order valence-corrected chi connectivity index (χ2v) is 7.71. The number of halogens is 1. The SMILES string of the molecule is N#Cc1ccc(OCC2COC(CCc3ccc(Cl)cc3)(Cn3ccnc3)O2)cc1. The van der Waals surface area contributed by atoms with E-state index in [0.717, 1.165) is 11.4 Å². The highest BCUT2D eigenvalue weighted by molar-refractivity contribution is 6.30. The molecule has 6 nitrogen and oxygen atoms in total. The average Bonchev–Trinajstić information content (AvgIpc) is 3.43. The van der Waals surface area contributed by atoms with Crippen LogP contribution in [0.1, 0.15) is 17.5 Å². The topological polar surface area (TPSA) is 69.3 Å². The van der Waals surface area contributed by atoms with E-state index in [0.29, 0.717) is 37.5 Å². The van der Waals surface area contributed by atoms with Crippen LogP contribution in [0, 0.1) is 11.3 Å². The van der Waals surface area contributed by atoms with Crippen LogP contribution >= 0.6 is 11.6 Å². The molecule has 1 saturated heterocycles. The minimum absolute atomic E-state index is 0.186. The predicted molar refractivity (Wildman–Crippen MR) is 112 cm³/mol. The van der Waals surface area contributed by atoms with E-state index in [9.17, 15) is 0 Å². The lowest BCUT2D eigenvalue weighted by molar-refractivity contribution is -0.184. The van der Waals surface area contributed by atoms with Crippen LogP contribution in [0.25, 0.3) is 0 Å². The Hall–Kier alpha value is -2.85. The zero-order chi connectivity index (χ0) is 20.8. The number of aromatic nitrogens is 2. The van der Waals surface area contributed by atoms with E-state index in [-0.39, 0.29) is 6.10 Å². The van der Waals surface area contributed by atoms with E-state index in [1.807, 2.05) is 35.0 Å². The lowest BCUT2D eigenvalue weighted by Crippen LogP contribution is -2.37. The van der Waals surface area contributed by atoms with Crippen LogP contribution in [0.2, 0.25) is 5.02 Å². The summed E-state index contributed by atoms with van der Waals surface area (Å²) < 4.78 is 20.3. The lowest BCUT2D eigenvalue weighted by Gasteiger charge is -2.28. The van der Waals surface area contributed by atoms with E-state index in [2.05, 4.69) is 11.1 Å². The molecule has 7 heteroatoms. The second kappa shape index (κ2) is 9.31. The van der Waals surface area contributed by atoms with Gasteiger partial charge in [-0.05, 0) is 48.4 Å². The van der Waals surface area contributed by atoms with Gasteiger partial charge in [-0.2, -0.15) is 5.26 Å². The summed E-state index contributed by atoms with van der Waals surface area (Å²) in [7, 11) is 0. The summed E-state index contributed by atoms with van der Waals surface area (Å²) >= 11 is 5.99. The van der Waals surface area contributed by atoms with E-state index in [1.165, 1.54) is 5.56 Å². The van der Waals surface area contributed by atoms with Crippen molar-refractivity contribution >= 4 is 11.6 Å². The van der Waals surface area contributed by atoms with Crippen LogP contribution in [-0.4, -0.2) is 34.7 Å². The summed E-state index contributed by atoms with van der Waals surface area (Å²) in [5.74, 6) is -0.0511. The summed E-state index contributed by atoms with van der Waals surface area (Å²) in [4.78, 5) is 4.12. The van der Waals surface area contributed by atoms with Gasteiger partial charge in [-0.25, -0.2) is 4.98 Å². The third kappa shape index (κ3) is 5.19. The zero-order valence-electron chi connectivity index (χ0n) is 16.4. The largest absolute Gasteiger partial charge is 0.491 e. The molecule has 2 heterocycles. The Balaban J connectivity index is 1.39. The van der Waals surface area contributed by atoms with Crippen molar-refractivity contribution in [2.45, 2.75) is 31.3 Å². The van der Waals surface area contributed by atoms with E-state index in [1.54, 1.807) is 36.8 Å². The molecular weight excluding hydrogens is 402 g/mol. The van der Waals surface area contributed by atoms with Gasteiger partial charge in [-0.3, -0.25) is 0 Å². The Labute approximate surface area is 180 Å². The fourth-order valence-electron chi connectivity index (χ4n) is 3.45. The highest BCUT2D eigenvalue weighted by Crippen LogP contribution is 2.31. The van der Waals surface area contributed by atoms with Crippen molar-refractivity contribution in [1.29, 1.82) is 5.26 Å². The lowest BCUT2D eigenvalue weighted by atomic mass is 10.0. The molecule has 0 aliphatic carbocycles. The highest BCUT2D eigenvalue weighted by Gasteiger charge is 2.42. The standard InChI is InChI=1S/C23H22ClN3O3/c24-20-5-1-18(2-6-20)9-10-23(16-27-12-11-26-17-27)29-15-22(30-23)14-28-21-7-3-19(13-25)4-8-21/h1-8,11-12,17,22H,9-10,14-16H2. The third-order valence-corrected chi connectivity index (χ3v) is 5.28. The normalized spacial score (nSPS) is 20.7. The number of ether oxygens (including phenoxy) is 3. The summed E-state index contributed by atoms with van der Waals surface area (Å²) in [6, 6.07) is 17.0. The molecule has 2 atom stereocenters. The average molecular weight is 424 g/mol. The van der Waals surface area contributed by atoms with E-state index < -0.39 is 5.79 Å². The van der Waals surface area contributed by atoms with E-state index >= 15 is 0 Å². The number of benzene rings is 2. The second-order valence-electron chi connectivity index (χ2n) is 7.27. The molecule has 0 amide bonds. The van der Waals surface area contributed by atoms with Crippen LogP contribution in [0.4, 0.5) is 0 Å². The van der Waals surface area contributed by atoms with Crippen molar-refractivity contribution in [3.63, 3.8) is 0 Å². The summed E-state index contributed by atoms with van der Waals surface area (Å²) in [6.45, 7) is 1.37. The third-order valence-electron chi connectivity index (χ3n) is 5.02. The first kappa shape index (κ1) is 20.4. The number of hydrogen-bond acceptors (Lipinski definition) is 5. The maximum absolute atomic E-state index is 8.90. The first-order valence-corrected chi connectivity index (χ1v) is 10.2. The Kier molecular flexibility index (Phi) is 6.34. The number of nitriles is 1. The van der Waals surface area contributed by atoms with Crippen LogP contribution in [-0.2, 0) is 22.4 Å². The van der Waals surface area contributed by atoms with Crippen molar-refractivity contribution in [2.75, 3.05) is 13.2 Å². The summed E-state index contributed by atoms with van der Waals surface area (Å²) in [5.41, 5.74) is 1.78. The molecule has 2 aromatic carbocycles. The van der Waals surface area contributed by atoms with Gasteiger partial charge in [0.25, 0.3) is 0 Å². The first-order chi connectivity index (χ1) is 14.6. The predicted octanol–water partition coefficient (Wildman–Crippen LogP) is 4.23. The van der Waals surface area contributed by atoms with Crippen molar-refractivity contribution in [3.8, 4) is 11.8 Å². The Morgan fingerprint density at radius 2 is 2.00 bits per heavy atom. The van der Waals surface area contributed by atoms with Crippen molar-refractivity contribution in [2.24, 2.45) is 0 Å². The molecular formula is C23H22ClN3O3. The monoisotopic (exact) mass is 423 g/mol. The summed E-state index contributed by atoms with van der Waals surface area (Å²) in [6.07, 6.45) is 6.71. The number of imidazole rings is 1. The van der Waals surface area contributed by atoms with Gasteiger partial charge < -0.3 is 18.8 Å². The van der Waals surface area contributed by atoms with Gasteiger partial charge in [0.05, 0.1) is 31.1 Å². The van der Waals surface area contributed by atoms with Crippen molar-refractivity contribution < 1.29 is 14.2 Å². The molecule has 4 rings (SSSR count). The molecule has 2 unspecified atom stereocenters. The Morgan fingerprint density at radius 1 is 1.20 bits per heavy atom. The Morgan fingerprint density at radius 3 is 2.70 bits per heavy atom. The molecule has 154 valence electrons. The first-order valence-electron chi connectivity index (χ1n) is 9.79. The zero-order valence-corrected chi connectivity index (χ0v) is 17.2. The maximum atomic E-state index is 8.90. The van der Waals surface area contributed by atoms with Crippen LogP contribution < -0.4 is 4.74 Å². The molecule has 0 N–H and O–H groups in total. The smallest absolute Gasteiger partial charge is 0.187 e. The fraction of sp³-hybridized carbons (Fsp3) is 0.304. The van der Waals surface area contributed by atoms with Gasteiger partial charge in [0.1, 0.15) is 18.5 Å². The molecule has 30 heavy (non-hydrogen) atoms. The minimum atomic E-state index is -0.751. The van der Waals surface area contributed by atoms with Crippen LogP contribution in [0.5, 0.6) is 5.75 Å². The molecule has 1 fully saturated rings. The van der Waals surface area contributed by atoms with Crippen LogP contribution in [0.3, 0.4) is 0 Å². The Bertz CT molecular complexity index is 984. The highest BCUT2D eigenvalue weighted by atomic mass is 35.5. The molecule has 0 bridgehead atoms. The molecule has 0 spiro atoms. The molecule has 0 saturated carbocycles. The van der Waals surface area contributed by atoms with Crippen LogP contribution in [0.15, 0.2) is 67.3 Å². The van der Waals surface area contributed by atoms with Gasteiger partial charge in [-0.1, -0.05) is 23.7 Å². The van der Waals surface area contributed by atoms with Gasteiger partial charge in [0.15, 0.2) is 5.79 Å². The van der Waals surface area contributed by atoms with Gasteiger partial charge in [0.2, 0.25) is 0 Å². The number of hydrogen-bond donors (Lipinski definition) is 0. The number of nitrogens with zero attached hydrogens (tertiary/aromatic N) is 3.